The Morgan fingerprint density at radius 3 is 2.67 bits per heavy atom. The fourth-order valence-electron chi connectivity index (χ4n) is 4.80. The van der Waals surface area contributed by atoms with Crippen molar-refractivity contribution in [3.05, 3.63) is 47.2 Å². The molecule has 1 aliphatic heterocycles. The van der Waals surface area contributed by atoms with Crippen molar-refractivity contribution in [1.29, 1.82) is 0 Å². The summed E-state index contributed by atoms with van der Waals surface area (Å²) in [7, 11) is 1.63. The van der Waals surface area contributed by atoms with Crippen molar-refractivity contribution < 1.29 is 19.1 Å². The first-order valence-corrected chi connectivity index (χ1v) is 9.52. The van der Waals surface area contributed by atoms with Crippen LogP contribution in [0.2, 0.25) is 0 Å². The second kappa shape index (κ2) is 6.68. The van der Waals surface area contributed by atoms with E-state index < -0.39 is 5.60 Å². The van der Waals surface area contributed by atoms with Gasteiger partial charge in [-0.2, -0.15) is 0 Å². The van der Waals surface area contributed by atoms with Crippen molar-refractivity contribution in [3.63, 3.8) is 0 Å². The third-order valence-corrected chi connectivity index (χ3v) is 6.16. The summed E-state index contributed by atoms with van der Waals surface area (Å²) in [5.41, 5.74) is 0.605. The van der Waals surface area contributed by atoms with Crippen LogP contribution in [0, 0.1) is 25.7 Å². The van der Waals surface area contributed by atoms with E-state index in [1.54, 1.807) is 21.0 Å². The summed E-state index contributed by atoms with van der Waals surface area (Å²) in [4.78, 5) is 19.0. The van der Waals surface area contributed by atoms with Gasteiger partial charge in [-0.05, 0) is 49.8 Å². The summed E-state index contributed by atoms with van der Waals surface area (Å²) in [6, 6.07) is 7.65. The average molecular weight is 370 g/mol. The van der Waals surface area contributed by atoms with Crippen LogP contribution in [-0.4, -0.2) is 41.1 Å². The predicted molar refractivity (Wildman–Crippen MR) is 99.6 cm³/mol. The number of ether oxygens (including phenoxy) is 1. The van der Waals surface area contributed by atoms with Crippen LogP contribution >= 0.6 is 0 Å². The molecule has 6 nitrogen and oxygen atoms in total. The Labute approximate surface area is 159 Å². The van der Waals surface area contributed by atoms with E-state index >= 15 is 0 Å². The van der Waals surface area contributed by atoms with Gasteiger partial charge >= 0.3 is 0 Å². The Balaban J connectivity index is 1.59. The van der Waals surface area contributed by atoms with Crippen LogP contribution in [0.5, 0.6) is 5.75 Å². The summed E-state index contributed by atoms with van der Waals surface area (Å²) in [5.74, 6) is 1.78. The van der Waals surface area contributed by atoms with Crippen molar-refractivity contribution in [1.82, 2.24) is 9.88 Å². The lowest BCUT2D eigenvalue weighted by Crippen LogP contribution is -2.43. The Hall–Kier alpha value is -2.34. The minimum Gasteiger partial charge on any atom is -0.497 e. The molecule has 2 aromatic rings. The zero-order valence-corrected chi connectivity index (χ0v) is 16.1. The monoisotopic (exact) mass is 370 g/mol. The molecule has 0 spiro atoms. The van der Waals surface area contributed by atoms with Gasteiger partial charge in [0.15, 0.2) is 5.89 Å². The number of aromatic nitrogens is 1. The van der Waals surface area contributed by atoms with Gasteiger partial charge in [-0.25, -0.2) is 4.98 Å². The van der Waals surface area contributed by atoms with Crippen LogP contribution < -0.4 is 4.74 Å². The van der Waals surface area contributed by atoms with Crippen LogP contribution in [0.4, 0.5) is 0 Å². The summed E-state index contributed by atoms with van der Waals surface area (Å²) in [6.45, 7) is 4.73. The van der Waals surface area contributed by atoms with E-state index in [2.05, 4.69) is 4.98 Å². The number of aliphatic hydroxyl groups is 1. The van der Waals surface area contributed by atoms with Gasteiger partial charge < -0.3 is 19.2 Å². The number of hydrogen-bond donors (Lipinski definition) is 1. The maximum absolute atomic E-state index is 12.9. The molecule has 0 bridgehead atoms. The normalized spacial score (nSPS) is 27.5. The highest BCUT2D eigenvalue weighted by Crippen LogP contribution is 2.48. The van der Waals surface area contributed by atoms with Gasteiger partial charge in [0.25, 0.3) is 5.91 Å². The number of likely N-dealkylation sites (tertiary alicyclic amines) is 1. The number of carbonyl (C=O) groups excluding carboxylic acids is 1. The van der Waals surface area contributed by atoms with E-state index in [1.807, 2.05) is 29.2 Å². The minimum absolute atomic E-state index is 0.0212. The van der Waals surface area contributed by atoms with Crippen LogP contribution in [0.15, 0.2) is 28.7 Å². The molecule has 144 valence electrons. The molecule has 27 heavy (non-hydrogen) atoms. The van der Waals surface area contributed by atoms with E-state index in [0.29, 0.717) is 42.8 Å². The smallest absolute Gasteiger partial charge is 0.291 e. The van der Waals surface area contributed by atoms with E-state index in [0.717, 1.165) is 24.2 Å². The third-order valence-electron chi connectivity index (χ3n) is 6.16. The van der Waals surface area contributed by atoms with Crippen molar-refractivity contribution in [2.75, 3.05) is 20.2 Å². The van der Waals surface area contributed by atoms with E-state index in [1.165, 1.54) is 0 Å². The zero-order valence-electron chi connectivity index (χ0n) is 16.1. The summed E-state index contributed by atoms with van der Waals surface area (Å²) >= 11 is 0. The molecule has 1 aromatic carbocycles. The maximum Gasteiger partial charge on any atom is 0.291 e. The van der Waals surface area contributed by atoms with E-state index in [9.17, 15) is 9.90 Å². The molecule has 1 aliphatic carbocycles. The molecule has 0 radical (unpaired) electrons. The van der Waals surface area contributed by atoms with E-state index in [4.69, 9.17) is 9.15 Å². The molecule has 3 atom stereocenters. The SMILES string of the molecule is COc1ccc([C@]2(O)CCC[C@H]3CN(C(=O)c4oc(C)nc4C)C[C@@H]32)cc1. The number of amides is 1. The molecule has 6 heteroatoms. The predicted octanol–water partition coefficient (Wildman–Crippen LogP) is 3.06. The number of nitrogens with zero attached hydrogens (tertiary/aromatic N) is 2. The largest absolute Gasteiger partial charge is 0.497 e. The molecular formula is C21H26N2O4. The molecule has 1 aromatic heterocycles. The van der Waals surface area contributed by atoms with Crippen LogP contribution in [0.3, 0.4) is 0 Å². The summed E-state index contributed by atoms with van der Waals surface area (Å²) in [6.07, 6.45) is 2.69. The van der Waals surface area contributed by atoms with Gasteiger partial charge in [0.1, 0.15) is 5.75 Å². The van der Waals surface area contributed by atoms with Gasteiger partial charge in [0.05, 0.1) is 18.4 Å². The number of fused-ring (bicyclic) bond motifs is 1. The molecule has 2 heterocycles. The topological polar surface area (TPSA) is 75.8 Å². The molecule has 1 saturated heterocycles. The van der Waals surface area contributed by atoms with Crippen molar-refractivity contribution in [2.45, 2.75) is 38.7 Å². The van der Waals surface area contributed by atoms with Gasteiger partial charge in [-0.15, -0.1) is 0 Å². The van der Waals surface area contributed by atoms with Crippen molar-refractivity contribution in [3.8, 4) is 5.75 Å². The van der Waals surface area contributed by atoms with Crippen LogP contribution in [0.25, 0.3) is 0 Å². The molecule has 1 saturated carbocycles. The highest BCUT2D eigenvalue weighted by molar-refractivity contribution is 5.92. The van der Waals surface area contributed by atoms with Gasteiger partial charge in [-0.1, -0.05) is 12.1 Å². The number of hydrogen-bond acceptors (Lipinski definition) is 5. The Kier molecular flexibility index (Phi) is 4.46. The lowest BCUT2D eigenvalue weighted by molar-refractivity contribution is -0.0644. The first kappa shape index (κ1) is 18.0. The van der Waals surface area contributed by atoms with Gasteiger partial charge in [-0.3, -0.25) is 4.79 Å². The number of carbonyl (C=O) groups is 1. The first-order valence-electron chi connectivity index (χ1n) is 9.52. The number of benzene rings is 1. The molecule has 1 N–H and O–H groups in total. The number of rotatable bonds is 3. The quantitative estimate of drug-likeness (QED) is 0.899. The van der Waals surface area contributed by atoms with Crippen molar-refractivity contribution in [2.24, 2.45) is 11.8 Å². The standard InChI is InChI=1S/C21H26N2O4/c1-13-19(27-14(2)22-13)20(24)23-11-15-5-4-10-21(25,18(15)12-23)16-6-8-17(26-3)9-7-16/h6-9,15,18,25H,4-5,10-12H2,1-3H3/t15-,18-,21+/m0/s1. The van der Waals surface area contributed by atoms with E-state index in [-0.39, 0.29) is 11.8 Å². The second-order valence-electron chi connectivity index (χ2n) is 7.77. The lowest BCUT2D eigenvalue weighted by atomic mass is 9.67. The molecular weight excluding hydrogens is 344 g/mol. The number of aryl methyl sites for hydroxylation is 2. The molecule has 2 aliphatic rings. The third kappa shape index (κ3) is 3.02. The fraction of sp³-hybridized carbons (Fsp3) is 0.524. The van der Waals surface area contributed by atoms with Gasteiger partial charge in [0.2, 0.25) is 5.76 Å². The Morgan fingerprint density at radius 2 is 2.04 bits per heavy atom. The number of oxazole rings is 1. The van der Waals surface area contributed by atoms with Gasteiger partial charge in [0, 0.05) is 25.9 Å². The highest BCUT2D eigenvalue weighted by Gasteiger charge is 2.51. The molecule has 2 fully saturated rings. The lowest BCUT2D eigenvalue weighted by Gasteiger charge is -2.41. The zero-order chi connectivity index (χ0) is 19.2. The average Bonchev–Trinajstić information content (AvgIpc) is 3.25. The highest BCUT2D eigenvalue weighted by atomic mass is 16.5. The molecule has 1 amide bonds. The summed E-state index contributed by atoms with van der Waals surface area (Å²) < 4.78 is 10.8. The number of methoxy groups -OCH3 is 1. The van der Waals surface area contributed by atoms with Crippen LogP contribution in [0.1, 0.15) is 47.0 Å². The Morgan fingerprint density at radius 1 is 1.30 bits per heavy atom. The molecule has 0 unspecified atom stereocenters. The summed E-state index contributed by atoms with van der Waals surface area (Å²) in [5, 5.41) is 11.6. The van der Waals surface area contributed by atoms with Crippen LogP contribution in [-0.2, 0) is 5.60 Å². The van der Waals surface area contributed by atoms with Crippen molar-refractivity contribution >= 4 is 5.91 Å². The second-order valence-corrected chi connectivity index (χ2v) is 7.77. The molecule has 4 rings (SSSR count). The maximum atomic E-state index is 12.9. The fourth-order valence-corrected chi connectivity index (χ4v) is 4.80. The first-order chi connectivity index (χ1) is 12.9. The minimum atomic E-state index is -0.920. The Bertz CT molecular complexity index is 844.